The van der Waals surface area contributed by atoms with Crippen LogP contribution in [0, 0.1) is 5.82 Å². The predicted molar refractivity (Wildman–Crippen MR) is 98.9 cm³/mol. The van der Waals surface area contributed by atoms with Gasteiger partial charge in [0.2, 0.25) is 21.6 Å². The van der Waals surface area contributed by atoms with Gasteiger partial charge in [0.05, 0.1) is 12.3 Å². The van der Waals surface area contributed by atoms with E-state index in [2.05, 4.69) is 15.5 Å². The third-order valence-corrected chi connectivity index (χ3v) is 5.05. The number of carbonyl (C=O) groups excluding carboxylic acids is 1. The van der Waals surface area contributed by atoms with E-state index in [1.54, 1.807) is 6.08 Å². The topological polar surface area (TPSA) is 102 Å². The van der Waals surface area contributed by atoms with Crippen molar-refractivity contribution in [1.82, 2.24) is 15.5 Å². The zero-order chi connectivity index (χ0) is 20.0. The van der Waals surface area contributed by atoms with Gasteiger partial charge in [-0.1, -0.05) is 53.6 Å². The number of nitrogens with one attached hydrogen (secondary N) is 1. The summed E-state index contributed by atoms with van der Waals surface area (Å²) in [5.74, 6) is -1.72. The summed E-state index contributed by atoms with van der Waals surface area (Å²) in [7, 11) is -4.01. The number of benzene rings is 2. The summed E-state index contributed by atoms with van der Waals surface area (Å²) in [5.41, 5.74) is 0.860. The maximum Gasteiger partial charge on any atom is 0.335 e. The summed E-state index contributed by atoms with van der Waals surface area (Å²) in [6, 6.07) is 14.8. The van der Waals surface area contributed by atoms with Gasteiger partial charge in [0, 0.05) is 11.6 Å². The first-order valence-corrected chi connectivity index (χ1v) is 9.89. The molecule has 0 spiro atoms. The number of hydrogen-bond acceptors (Lipinski definition) is 6. The van der Waals surface area contributed by atoms with Crippen molar-refractivity contribution < 1.29 is 22.0 Å². The molecule has 1 amide bonds. The van der Waals surface area contributed by atoms with Gasteiger partial charge in [-0.3, -0.25) is 4.79 Å². The Bertz CT molecular complexity index is 1100. The number of sulfone groups is 1. The first-order chi connectivity index (χ1) is 13.4. The number of nitrogens with zero attached hydrogens (tertiary/aromatic N) is 2. The Labute approximate surface area is 160 Å². The average molecular weight is 401 g/mol. The Kier molecular flexibility index (Phi) is 5.95. The lowest BCUT2D eigenvalue weighted by atomic mass is 10.2. The molecule has 1 heterocycles. The quantitative estimate of drug-likeness (QED) is 0.611. The molecule has 0 radical (unpaired) electrons. The maximum atomic E-state index is 13.7. The SMILES string of the molecule is O=C(/C=C/c1ccccc1)NCc1nnc(S(=O)(=O)Cc2ccccc2F)o1. The van der Waals surface area contributed by atoms with Crippen LogP contribution in [0.2, 0.25) is 0 Å². The Morgan fingerprint density at radius 1 is 1.07 bits per heavy atom. The normalized spacial score (nSPS) is 11.6. The minimum absolute atomic E-state index is 0.00148. The second-order valence-corrected chi connectivity index (χ2v) is 7.64. The van der Waals surface area contributed by atoms with Crippen LogP contribution in [0.25, 0.3) is 6.08 Å². The van der Waals surface area contributed by atoms with Crippen molar-refractivity contribution in [3.05, 3.63) is 83.5 Å². The lowest BCUT2D eigenvalue weighted by Gasteiger charge is -2.01. The van der Waals surface area contributed by atoms with Crippen molar-refractivity contribution in [3.8, 4) is 0 Å². The van der Waals surface area contributed by atoms with E-state index in [0.29, 0.717) is 0 Å². The first kappa shape index (κ1) is 19.4. The van der Waals surface area contributed by atoms with Crippen molar-refractivity contribution in [2.24, 2.45) is 0 Å². The smallest absolute Gasteiger partial charge is 0.335 e. The molecule has 2 aromatic carbocycles. The second kappa shape index (κ2) is 8.57. The van der Waals surface area contributed by atoms with Crippen LogP contribution in [0.15, 0.2) is 70.3 Å². The highest BCUT2D eigenvalue weighted by Gasteiger charge is 2.24. The van der Waals surface area contributed by atoms with Gasteiger partial charge >= 0.3 is 5.22 Å². The Morgan fingerprint density at radius 3 is 2.54 bits per heavy atom. The fraction of sp³-hybridized carbons (Fsp3) is 0.105. The van der Waals surface area contributed by atoms with Crippen LogP contribution in [0.1, 0.15) is 17.0 Å². The molecule has 28 heavy (non-hydrogen) atoms. The number of rotatable bonds is 7. The molecule has 0 aliphatic carbocycles. The predicted octanol–water partition coefficient (Wildman–Crippen LogP) is 2.51. The van der Waals surface area contributed by atoms with E-state index >= 15 is 0 Å². The molecule has 0 fully saturated rings. The molecule has 0 saturated heterocycles. The molecule has 0 unspecified atom stereocenters. The molecular weight excluding hydrogens is 385 g/mol. The molecular formula is C19H16FN3O4S. The van der Waals surface area contributed by atoms with E-state index in [1.165, 1.54) is 30.3 Å². The number of hydrogen-bond donors (Lipinski definition) is 1. The van der Waals surface area contributed by atoms with Gasteiger partial charge < -0.3 is 9.73 Å². The fourth-order valence-electron chi connectivity index (χ4n) is 2.27. The van der Waals surface area contributed by atoms with Crippen LogP contribution in [-0.4, -0.2) is 24.5 Å². The molecule has 0 aliphatic rings. The van der Waals surface area contributed by atoms with Crippen LogP contribution >= 0.6 is 0 Å². The lowest BCUT2D eigenvalue weighted by Crippen LogP contribution is -2.20. The fourth-order valence-corrected chi connectivity index (χ4v) is 3.43. The lowest BCUT2D eigenvalue weighted by molar-refractivity contribution is -0.116. The molecule has 9 heteroatoms. The second-order valence-electron chi connectivity index (χ2n) is 5.77. The van der Waals surface area contributed by atoms with Crippen LogP contribution in [0.3, 0.4) is 0 Å². The van der Waals surface area contributed by atoms with Gasteiger partial charge in [-0.05, 0) is 17.7 Å². The summed E-state index contributed by atoms with van der Waals surface area (Å²) in [4.78, 5) is 11.8. The average Bonchev–Trinajstić information content (AvgIpc) is 3.17. The third kappa shape index (κ3) is 5.10. The van der Waals surface area contributed by atoms with Gasteiger partial charge in [-0.2, -0.15) is 0 Å². The number of amides is 1. The van der Waals surface area contributed by atoms with Crippen LogP contribution < -0.4 is 5.32 Å². The maximum absolute atomic E-state index is 13.7. The number of carbonyl (C=O) groups is 1. The molecule has 0 aliphatic heterocycles. The molecule has 7 nitrogen and oxygen atoms in total. The standard InChI is InChI=1S/C19H16FN3O4S/c20-16-9-5-4-8-15(16)13-28(25,26)19-23-22-18(27-19)12-21-17(24)11-10-14-6-2-1-3-7-14/h1-11H,12-13H2,(H,21,24)/b11-10+. The highest BCUT2D eigenvalue weighted by atomic mass is 32.2. The highest BCUT2D eigenvalue weighted by molar-refractivity contribution is 7.90. The van der Waals surface area contributed by atoms with Crippen LogP contribution in [0.4, 0.5) is 4.39 Å². The molecule has 1 N–H and O–H groups in total. The van der Waals surface area contributed by atoms with E-state index < -0.39 is 32.5 Å². The Morgan fingerprint density at radius 2 is 1.79 bits per heavy atom. The van der Waals surface area contributed by atoms with Gasteiger partial charge in [-0.15, -0.1) is 5.10 Å². The van der Waals surface area contributed by atoms with E-state index in [4.69, 9.17) is 4.42 Å². The van der Waals surface area contributed by atoms with Gasteiger partial charge in [0.25, 0.3) is 0 Å². The van der Waals surface area contributed by atoms with Crippen molar-refractivity contribution in [1.29, 1.82) is 0 Å². The number of halogens is 1. The monoisotopic (exact) mass is 401 g/mol. The van der Waals surface area contributed by atoms with E-state index in [1.807, 2.05) is 30.3 Å². The van der Waals surface area contributed by atoms with Crippen molar-refractivity contribution in [2.45, 2.75) is 17.5 Å². The van der Waals surface area contributed by atoms with Gasteiger partial charge in [0.1, 0.15) is 5.82 Å². The zero-order valence-corrected chi connectivity index (χ0v) is 15.4. The van der Waals surface area contributed by atoms with Gasteiger partial charge in [0.15, 0.2) is 0 Å². The summed E-state index contributed by atoms with van der Waals surface area (Å²) >= 11 is 0. The number of aromatic nitrogens is 2. The van der Waals surface area contributed by atoms with E-state index in [0.717, 1.165) is 5.56 Å². The highest BCUT2D eigenvalue weighted by Crippen LogP contribution is 2.17. The molecule has 1 aromatic heterocycles. The van der Waals surface area contributed by atoms with Crippen molar-refractivity contribution >= 4 is 21.8 Å². The minimum atomic E-state index is -4.01. The van der Waals surface area contributed by atoms with Crippen LogP contribution in [0.5, 0.6) is 0 Å². The molecule has 144 valence electrons. The molecule has 3 rings (SSSR count). The molecule has 0 bridgehead atoms. The van der Waals surface area contributed by atoms with Crippen molar-refractivity contribution in [2.75, 3.05) is 0 Å². The Hall–Kier alpha value is -3.33. The van der Waals surface area contributed by atoms with Gasteiger partial charge in [-0.25, -0.2) is 12.8 Å². The minimum Gasteiger partial charge on any atom is -0.411 e. The summed E-state index contributed by atoms with van der Waals surface area (Å²) in [6.45, 7) is -0.139. The van der Waals surface area contributed by atoms with E-state index in [9.17, 15) is 17.6 Å². The Balaban J connectivity index is 1.60. The largest absolute Gasteiger partial charge is 0.411 e. The van der Waals surface area contributed by atoms with E-state index in [-0.39, 0.29) is 18.0 Å². The molecule has 0 atom stereocenters. The molecule has 3 aromatic rings. The van der Waals surface area contributed by atoms with Crippen molar-refractivity contribution in [3.63, 3.8) is 0 Å². The first-order valence-electron chi connectivity index (χ1n) is 8.23. The molecule has 0 saturated carbocycles. The van der Waals surface area contributed by atoms with Crippen LogP contribution in [-0.2, 0) is 26.9 Å². The summed E-state index contributed by atoms with van der Waals surface area (Å²) in [5, 5.41) is 8.99. The zero-order valence-electron chi connectivity index (χ0n) is 14.6. The third-order valence-electron chi connectivity index (χ3n) is 3.66. The summed E-state index contributed by atoms with van der Waals surface area (Å²) < 4.78 is 43.4. The summed E-state index contributed by atoms with van der Waals surface area (Å²) in [6.07, 6.45) is 2.97.